The maximum atomic E-state index is 12.0. The van der Waals surface area contributed by atoms with Gasteiger partial charge in [0.2, 0.25) is 5.75 Å². The molecule has 1 N–H and O–H groups in total. The summed E-state index contributed by atoms with van der Waals surface area (Å²) in [5.41, 5.74) is 1.17. The highest BCUT2D eigenvalue weighted by Crippen LogP contribution is 2.30. The summed E-state index contributed by atoms with van der Waals surface area (Å²) in [6.07, 6.45) is 0. The van der Waals surface area contributed by atoms with Gasteiger partial charge in [-0.1, -0.05) is 17.7 Å². The number of benzene rings is 2. The van der Waals surface area contributed by atoms with Gasteiger partial charge >= 0.3 is 5.69 Å². The molecule has 7 nitrogen and oxygen atoms in total. The van der Waals surface area contributed by atoms with Crippen LogP contribution in [0.1, 0.15) is 5.56 Å². The third-order valence-corrected chi connectivity index (χ3v) is 3.67. The van der Waals surface area contributed by atoms with E-state index in [1.165, 1.54) is 25.3 Å². The van der Waals surface area contributed by atoms with E-state index in [0.717, 1.165) is 5.56 Å². The highest BCUT2D eigenvalue weighted by atomic mass is 35.5. The topological polar surface area (TPSA) is 90.7 Å². The predicted molar refractivity (Wildman–Crippen MR) is 90.0 cm³/mol. The SMILES string of the molecule is COc1cc(OCC(=O)Nc2cccc(Cl)c2C)ccc1[N+](=O)[O-]. The highest BCUT2D eigenvalue weighted by Gasteiger charge is 2.16. The van der Waals surface area contributed by atoms with Crippen LogP contribution in [0.5, 0.6) is 11.5 Å². The van der Waals surface area contributed by atoms with Gasteiger partial charge in [-0.15, -0.1) is 0 Å². The van der Waals surface area contributed by atoms with Crippen molar-refractivity contribution in [1.82, 2.24) is 0 Å². The number of carbonyl (C=O) groups is 1. The molecule has 0 heterocycles. The summed E-state index contributed by atoms with van der Waals surface area (Å²) in [5, 5.41) is 14.1. The van der Waals surface area contributed by atoms with Crippen molar-refractivity contribution in [3.63, 3.8) is 0 Å². The Bertz CT molecular complexity index is 779. The number of hydrogen-bond donors (Lipinski definition) is 1. The summed E-state index contributed by atoms with van der Waals surface area (Å²) in [5.74, 6) is -0.0308. The van der Waals surface area contributed by atoms with E-state index in [9.17, 15) is 14.9 Å². The second-order valence-corrected chi connectivity index (χ2v) is 5.25. The minimum atomic E-state index is -0.558. The van der Waals surface area contributed by atoms with Crippen molar-refractivity contribution in [2.45, 2.75) is 6.92 Å². The van der Waals surface area contributed by atoms with Crippen LogP contribution >= 0.6 is 11.6 Å². The Labute approximate surface area is 143 Å². The summed E-state index contributed by atoms with van der Waals surface area (Å²) in [6.45, 7) is 1.53. The second-order valence-electron chi connectivity index (χ2n) is 4.84. The summed E-state index contributed by atoms with van der Waals surface area (Å²) in [6, 6.07) is 9.20. The number of nitro groups is 1. The number of nitrogens with one attached hydrogen (secondary N) is 1. The first-order valence-corrected chi connectivity index (χ1v) is 7.30. The lowest BCUT2D eigenvalue weighted by atomic mass is 10.2. The highest BCUT2D eigenvalue weighted by molar-refractivity contribution is 6.31. The van der Waals surface area contributed by atoms with Gasteiger partial charge in [0.1, 0.15) is 5.75 Å². The monoisotopic (exact) mass is 350 g/mol. The first-order valence-electron chi connectivity index (χ1n) is 6.92. The van der Waals surface area contributed by atoms with Gasteiger partial charge in [0.25, 0.3) is 5.91 Å². The van der Waals surface area contributed by atoms with Gasteiger partial charge in [-0.2, -0.15) is 0 Å². The zero-order chi connectivity index (χ0) is 17.7. The summed E-state index contributed by atoms with van der Waals surface area (Å²) in [7, 11) is 1.32. The smallest absolute Gasteiger partial charge is 0.311 e. The van der Waals surface area contributed by atoms with Gasteiger partial charge in [-0.25, -0.2) is 0 Å². The number of amides is 1. The molecular formula is C16H15ClN2O5. The molecule has 0 saturated carbocycles. The third kappa shape index (κ3) is 4.14. The summed E-state index contributed by atoms with van der Waals surface area (Å²) < 4.78 is 10.3. The van der Waals surface area contributed by atoms with Crippen LogP contribution in [0.2, 0.25) is 5.02 Å². The molecule has 2 aromatic rings. The van der Waals surface area contributed by atoms with E-state index in [1.807, 2.05) is 0 Å². The van der Waals surface area contributed by atoms with Gasteiger partial charge in [0.05, 0.1) is 12.0 Å². The summed E-state index contributed by atoms with van der Waals surface area (Å²) >= 11 is 5.99. The van der Waals surface area contributed by atoms with E-state index in [2.05, 4.69) is 5.32 Å². The van der Waals surface area contributed by atoms with E-state index >= 15 is 0 Å². The summed E-state index contributed by atoms with van der Waals surface area (Å²) in [4.78, 5) is 22.2. The second kappa shape index (κ2) is 7.65. The largest absolute Gasteiger partial charge is 0.490 e. The molecule has 0 atom stereocenters. The van der Waals surface area contributed by atoms with Gasteiger partial charge in [-0.3, -0.25) is 14.9 Å². The van der Waals surface area contributed by atoms with Crippen molar-refractivity contribution in [3.8, 4) is 11.5 Å². The lowest BCUT2D eigenvalue weighted by molar-refractivity contribution is -0.385. The van der Waals surface area contributed by atoms with Crippen LogP contribution in [-0.2, 0) is 4.79 Å². The zero-order valence-corrected chi connectivity index (χ0v) is 13.8. The Morgan fingerprint density at radius 1 is 1.33 bits per heavy atom. The van der Waals surface area contributed by atoms with Crippen LogP contribution in [0, 0.1) is 17.0 Å². The van der Waals surface area contributed by atoms with Gasteiger partial charge in [-0.05, 0) is 30.7 Å². The van der Waals surface area contributed by atoms with Crippen LogP contribution in [0.15, 0.2) is 36.4 Å². The molecule has 0 unspecified atom stereocenters. The number of anilines is 1. The maximum Gasteiger partial charge on any atom is 0.311 e. The Morgan fingerprint density at radius 3 is 2.75 bits per heavy atom. The lowest BCUT2D eigenvalue weighted by Gasteiger charge is -2.11. The van der Waals surface area contributed by atoms with Crippen molar-refractivity contribution in [2.75, 3.05) is 19.0 Å². The van der Waals surface area contributed by atoms with Crippen LogP contribution in [0.25, 0.3) is 0 Å². The minimum Gasteiger partial charge on any atom is -0.490 e. The molecule has 2 rings (SSSR count). The van der Waals surface area contributed by atoms with Crippen LogP contribution < -0.4 is 14.8 Å². The van der Waals surface area contributed by atoms with E-state index in [-0.39, 0.29) is 29.7 Å². The molecular weight excluding hydrogens is 336 g/mol. The Morgan fingerprint density at radius 2 is 2.08 bits per heavy atom. The number of methoxy groups -OCH3 is 1. The average molecular weight is 351 g/mol. The van der Waals surface area contributed by atoms with E-state index < -0.39 is 4.92 Å². The Kier molecular flexibility index (Phi) is 5.59. The number of ether oxygens (including phenoxy) is 2. The average Bonchev–Trinajstić information content (AvgIpc) is 2.56. The lowest BCUT2D eigenvalue weighted by Crippen LogP contribution is -2.20. The van der Waals surface area contributed by atoms with Crippen LogP contribution in [-0.4, -0.2) is 24.5 Å². The predicted octanol–water partition coefficient (Wildman–Crippen LogP) is 3.58. The molecule has 8 heteroatoms. The number of nitrogens with zero attached hydrogens (tertiary/aromatic N) is 1. The number of nitro benzene ring substituents is 1. The fourth-order valence-corrected chi connectivity index (χ4v) is 2.15. The Hall–Kier alpha value is -2.80. The van der Waals surface area contributed by atoms with Crippen molar-refractivity contribution in [3.05, 3.63) is 57.1 Å². The fraction of sp³-hybridized carbons (Fsp3) is 0.188. The first-order chi connectivity index (χ1) is 11.4. The molecule has 0 radical (unpaired) electrons. The molecule has 24 heavy (non-hydrogen) atoms. The molecule has 0 aliphatic carbocycles. The van der Waals surface area contributed by atoms with Gasteiger partial charge in [0.15, 0.2) is 6.61 Å². The van der Waals surface area contributed by atoms with E-state index in [4.69, 9.17) is 21.1 Å². The molecule has 126 valence electrons. The first kappa shape index (κ1) is 17.6. The number of halogens is 1. The normalized spacial score (nSPS) is 10.1. The minimum absolute atomic E-state index is 0.0589. The molecule has 0 bridgehead atoms. The van der Waals surface area contributed by atoms with Crippen molar-refractivity contribution < 1.29 is 19.2 Å². The molecule has 0 aliphatic heterocycles. The molecule has 0 aliphatic rings. The van der Waals surface area contributed by atoms with E-state index in [0.29, 0.717) is 10.7 Å². The molecule has 2 aromatic carbocycles. The number of carbonyl (C=O) groups excluding carboxylic acids is 1. The fourth-order valence-electron chi connectivity index (χ4n) is 1.98. The molecule has 1 amide bonds. The zero-order valence-electron chi connectivity index (χ0n) is 13.0. The van der Waals surface area contributed by atoms with Crippen molar-refractivity contribution in [1.29, 1.82) is 0 Å². The molecule has 0 spiro atoms. The van der Waals surface area contributed by atoms with Gasteiger partial charge in [0, 0.05) is 22.8 Å². The quantitative estimate of drug-likeness (QED) is 0.635. The third-order valence-electron chi connectivity index (χ3n) is 3.26. The maximum absolute atomic E-state index is 12.0. The number of hydrogen-bond acceptors (Lipinski definition) is 5. The standard InChI is InChI=1S/C16H15ClN2O5/c1-10-12(17)4-3-5-13(10)18-16(20)9-24-11-6-7-14(19(21)22)15(8-11)23-2/h3-8H,9H2,1-2H3,(H,18,20). The molecule has 0 aromatic heterocycles. The van der Waals surface area contributed by atoms with Gasteiger partial charge < -0.3 is 14.8 Å². The van der Waals surface area contributed by atoms with Crippen molar-refractivity contribution in [2.24, 2.45) is 0 Å². The Balaban J connectivity index is 2.01. The van der Waals surface area contributed by atoms with Crippen LogP contribution in [0.4, 0.5) is 11.4 Å². The van der Waals surface area contributed by atoms with Crippen molar-refractivity contribution >= 4 is 28.9 Å². The van der Waals surface area contributed by atoms with Crippen LogP contribution in [0.3, 0.4) is 0 Å². The van der Waals surface area contributed by atoms with E-state index in [1.54, 1.807) is 25.1 Å². The number of rotatable bonds is 6. The molecule has 0 saturated heterocycles. The molecule has 0 fully saturated rings.